The molecule has 126 valence electrons. The van der Waals surface area contributed by atoms with E-state index in [0.717, 1.165) is 25.7 Å². The third-order valence-corrected chi connectivity index (χ3v) is 3.14. The van der Waals surface area contributed by atoms with Gasteiger partial charge in [0.15, 0.2) is 0 Å². The lowest BCUT2D eigenvalue weighted by atomic mass is 9.97. The summed E-state index contributed by atoms with van der Waals surface area (Å²) in [5.74, 6) is -2.52. The number of carbonyl (C=O) groups excluding carboxylic acids is 3. The van der Waals surface area contributed by atoms with Crippen LogP contribution in [0.1, 0.15) is 58.8 Å². The predicted molar refractivity (Wildman–Crippen MR) is 84.3 cm³/mol. The number of ketones is 1. The lowest BCUT2D eigenvalue weighted by Crippen LogP contribution is -2.29. The van der Waals surface area contributed by atoms with Crippen LogP contribution in [0.15, 0.2) is 12.7 Å². The van der Waals surface area contributed by atoms with Gasteiger partial charge >= 0.3 is 11.9 Å². The van der Waals surface area contributed by atoms with Crippen molar-refractivity contribution in [1.82, 2.24) is 0 Å². The highest BCUT2D eigenvalue weighted by Crippen LogP contribution is 2.13. The lowest BCUT2D eigenvalue weighted by Gasteiger charge is -2.14. The molecule has 5 heteroatoms. The smallest absolute Gasteiger partial charge is 0.317 e. The number of allylic oxidation sites excluding steroid dienone is 1. The lowest BCUT2D eigenvalue weighted by molar-refractivity contribution is -0.158. The van der Waals surface area contributed by atoms with Gasteiger partial charge in [0.1, 0.15) is 11.7 Å². The molecule has 0 aromatic carbocycles. The molecule has 0 aliphatic heterocycles. The first kappa shape index (κ1) is 20.3. The fraction of sp³-hybridized carbons (Fsp3) is 0.706. The first-order chi connectivity index (χ1) is 10.6. The fourth-order valence-corrected chi connectivity index (χ4v) is 1.72. The van der Waals surface area contributed by atoms with Crippen molar-refractivity contribution in [1.29, 1.82) is 0 Å². The molecule has 0 amide bonds. The van der Waals surface area contributed by atoms with Crippen LogP contribution in [-0.2, 0) is 23.9 Å². The molecule has 1 atom stereocenters. The molecule has 0 aromatic rings. The fourth-order valence-electron chi connectivity index (χ4n) is 1.72. The van der Waals surface area contributed by atoms with Crippen molar-refractivity contribution in [2.45, 2.75) is 58.8 Å². The maximum absolute atomic E-state index is 12.1. The molecule has 0 spiro atoms. The van der Waals surface area contributed by atoms with E-state index in [1.165, 1.54) is 0 Å². The Morgan fingerprint density at radius 1 is 1.05 bits per heavy atom. The zero-order valence-corrected chi connectivity index (χ0v) is 13.8. The van der Waals surface area contributed by atoms with Gasteiger partial charge in [0.2, 0.25) is 0 Å². The number of rotatable bonds is 13. The molecule has 0 fully saturated rings. The van der Waals surface area contributed by atoms with Crippen LogP contribution in [0.25, 0.3) is 0 Å². The summed E-state index contributed by atoms with van der Waals surface area (Å²) in [5, 5.41) is 0. The van der Waals surface area contributed by atoms with Crippen molar-refractivity contribution in [3.63, 3.8) is 0 Å². The van der Waals surface area contributed by atoms with Gasteiger partial charge in [-0.05, 0) is 19.3 Å². The highest BCUT2D eigenvalue weighted by atomic mass is 16.5. The Balaban J connectivity index is 4.56. The molecule has 0 N–H and O–H groups in total. The Morgan fingerprint density at radius 2 is 1.64 bits per heavy atom. The molecule has 0 rings (SSSR count). The van der Waals surface area contributed by atoms with Crippen LogP contribution in [0.5, 0.6) is 0 Å². The van der Waals surface area contributed by atoms with Crippen molar-refractivity contribution in [3.05, 3.63) is 12.7 Å². The second-order valence-corrected chi connectivity index (χ2v) is 5.15. The standard InChI is InChI=1S/C17H28O5/c1-4-7-10-15(18)14(17(20)22-12-9-6-3)13-16(19)21-11-8-5-2/h4,14H,1,5-13H2,2-3H3. The molecule has 1 unspecified atom stereocenters. The van der Waals surface area contributed by atoms with E-state index in [9.17, 15) is 14.4 Å². The maximum atomic E-state index is 12.1. The van der Waals surface area contributed by atoms with E-state index < -0.39 is 17.9 Å². The summed E-state index contributed by atoms with van der Waals surface area (Å²) >= 11 is 0. The van der Waals surface area contributed by atoms with Gasteiger partial charge < -0.3 is 9.47 Å². The minimum absolute atomic E-state index is 0.180. The summed E-state index contributed by atoms with van der Waals surface area (Å²) in [4.78, 5) is 35.8. The molecular formula is C17H28O5. The van der Waals surface area contributed by atoms with Gasteiger partial charge in [-0.1, -0.05) is 32.8 Å². The topological polar surface area (TPSA) is 69.7 Å². The monoisotopic (exact) mass is 312 g/mol. The van der Waals surface area contributed by atoms with Gasteiger partial charge in [0.25, 0.3) is 0 Å². The second kappa shape index (κ2) is 13.0. The van der Waals surface area contributed by atoms with Crippen LogP contribution in [0.3, 0.4) is 0 Å². The van der Waals surface area contributed by atoms with Gasteiger partial charge in [0, 0.05) is 6.42 Å². The predicted octanol–water partition coefficient (Wildman–Crippen LogP) is 3.21. The number of ether oxygens (including phenoxy) is 2. The van der Waals surface area contributed by atoms with E-state index in [-0.39, 0.29) is 25.2 Å². The average Bonchev–Trinajstić information content (AvgIpc) is 2.50. The molecule has 0 heterocycles. The van der Waals surface area contributed by atoms with Crippen LogP contribution in [0, 0.1) is 5.92 Å². The maximum Gasteiger partial charge on any atom is 0.317 e. The minimum Gasteiger partial charge on any atom is -0.466 e. The third kappa shape index (κ3) is 9.32. The summed E-state index contributed by atoms with van der Waals surface area (Å²) in [6.45, 7) is 8.10. The van der Waals surface area contributed by atoms with Crippen LogP contribution >= 0.6 is 0 Å². The van der Waals surface area contributed by atoms with Gasteiger partial charge in [-0.15, -0.1) is 6.58 Å². The number of unbranched alkanes of at least 4 members (excludes halogenated alkanes) is 2. The Bertz CT molecular complexity index is 362. The summed E-state index contributed by atoms with van der Waals surface area (Å²) in [6, 6.07) is 0. The Kier molecular flexibility index (Phi) is 12.1. The number of hydrogen-bond donors (Lipinski definition) is 0. The van der Waals surface area contributed by atoms with E-state index in [1.807, 2.05) is 13.8 Å². The summed E-state index contributed by atoms with van der Waals surface area (Å²) in [7, 11) is 0. The molecule has 0 aliphatic carbocycles. The van der Waals surface area contributed by atoms with Crippen LogP contribution in [-0.4, -0.2) is 30.9 Å². The third-order valence-electron chi connectivity index (χ3n) is 3.14. The first-order valence-corrected chi connectivity index (χ1v) is 8.02. The largest absolute Gasteiger partial charge is 0.466 e. The molecule has 0 saturated carbocycles. The second-order valence-electron chi connectivity index (χ2n) is 5.15. The Morgan fingerprint density at radius 3 is 2.18 bits per heavy atom. The normalized spacial score (nSPS) is 11.5. The Hall–Kier alpha value is -1.65. The molecule has 0 aliphatic rings. The first-order valence-electron chi connectivity index (χ1n) is 8.02. The summed E-state index contributed by atoms with van der Waals surface area (Å²) in [5.41, 5.74) is 0. The van der Waals surface area contributed by atoms with E-state index in [4.69, 9.17) is 9.47 Å². The van der Waals surface area contributed by atoms with Gasteiger partial charge in [0.05, 0.1) is 19.6 Å². The quantitative estimate of drug-likeness (QED) is 0.226. The molecule has 22 heavy (non-hydrogen) atoms. The van der Waals surface area contributed by atoms with Crippen LogP contribution in [0.4, 0.5) is 0 Å². The van der Waals surface area contributed by atoms with E-state index in [0.29, 0.717) is 13.0 Å². The van der Waals surface area contributed by atoms with Crippen molar-refractivity contribution < 1.29 is 23.9 Å². The van der Waals surface area contributed by atoms with Crippen LogP contribution in [0.2, 0.25) is 0 Å². The molecule has 0 bridgehead atoms. The van der Waals surface area contributed by atoms with E-state index in [1.54, 1.807) is 6.08 Å². The van der Waals surface area contributed by atoms with Gasteiger partial charge in [-0.25, -0.2) is 0 Å². The van der Waals surface area contributed by atoms with E-state index >= 15 is 0 Å². The minimum atomic E-state index is -1.06. The zero-order chi connectivity index (χ0) is 16.8. The molecule has 0 aromatic heterocycles. The number of carbonyl (C=O) groups is 3. The van der Waals surface area contributed by atoms with Crippen molar-refractivity contribution in [2.75, 3.05) is 13.2 Å². The van der Waals surface area contributed by atoms with E-state index in [2.05, 4.69) is 6.58 Å². The van der Waals surface area contributed by atoms with Crippen molar-refractivity contribution >= 4 is 17.7 Å². The number of hydrogen-bond acceptors (Lipinski definition) is 5. The number of Topliss-reactive ketones (excluding diaryl/α,β-unsaturated/α-hetero) is 1. The Labute approximate surface area is 133 Å². The molecular weight excluding hydrogens is 284 g/mol. The van der Waals surface area contributed by atoms with Crippen molar-refractivity contribution in [2.24, 2.45) is 5.92 Å². The average molecular weight is 312 g/mol. The summed E-state index contributed by atoms with van der Waals surface area (Å²) in [6.07, 6.45) is 5.32. The number of esters is 2. The molecule has 0 saturated heterocycles. The summed E-state index contributed by atoms with van der Waals surface area (Å²) < 4.78 is 10.1. The zero-order valence-electron chi connectivity index (χ0n) is 13.8. The highest BCUT2D eigenvalue weighted by Gasteiger charge is 2.30. The van der Waals surface area contributed by atoms with Crippen molar-refractivity contribution in [3.8, 4) is 0 Å². The SMILES string of the molecule is C=CCCC(=O)C(CC(=O)OCCCC)C(=O)OCCCC. The van der Waals surface area contributed by atoms with Gasteiger partial charge in [-0.3, -0.25) is 14.4 Å². The molecule has 5 nitrogen and oxygen atoms in total. The van der Waals surface area contributed by atoms with Crippen LogP contribution < -0.4 is 0 Å². The molecule has 0 radical (unpaired) electrons. The highest BCUT2D eigenvalue weighted by molar-refractivity contribution is 6.01. The van der Waals surface area contributed by atoms with Gasteiger partial charge in [-0.2, -0.15) is 0 Å².